The van der Waals surface area contributed by atoms with Crippen LogP contribution in [0, 0.1) is 0 Å². The molecule has 0 fully saturated rings. The minimum absolute atomic E-state index is 0.0478. The minimum atomic E-state index is -4.45. The number of alkyl halides is 3. The summed E-state index contributed by atoms with van der Waals surface area (Å²) in [7, 11) is 1.43. The summed E-state index contributed by atoms with van der Waals surface area (Å²) in [6.45, 7) is 1.54. The van der Waals surface area contributed by atoms with Gasteiger partial charge in [-0.15, -0.1) is 0 Å². The average molecular weight is 318 g/mol. The molecule has 1 aromatic carbocycles. The van der Waals surface area contributed by atoms with E-state index in [9.17, 15) is 22.8 Å². The van der Waals surface area contributed by atoms with Crippen molar-refractivity contribution in [1.29, 1.82) is 0 Å². The fourth-order valence-electron chi connectivity index (χ4n) is 1.78. The average Bonchev–Trinajstić information content (AvgIpc) is 2.44. The topological polar surface area (TPSA) is 69.6 Å². The molecule has 0 heterocycles. The van der Waals surface area contributed by atoms with E-state index >= 15 is 0 Å². The summed E-state index contributed by atoms with van der Waals surface area (Å²) in [5.74, 6) is -1.05. The Labute approximate surface area is 125 Å². The summed E-state index contributed by atoms with van der Waals surface area (Å²) in [5.41, 5.74) is -0.442. The van der Waals surface area contributed by atoms with Crippen LogP contribution in [-0.4, -0.2) is 35.6 Å². The lowest BCUT2D eigenvalue weighted by atomic mass is 10.0. The normalized spacial score (nSPS) is 12.6. The van der Waals surface area contributed by atoms with Crippen LogP contribution in [0.15, 0.2) is 24.3 Å². The van der Waals surface area contributed by atoms with Gasteiger partial charge in [-0.25, -0.2) is 4.79 Å². The van der Waals surface area contributed by atoms with E-state index in [1.54, 1.807) is 6.92 Å². The van der Waals surface area contributed by atoms with E-state index in [2.05, 4.69) is 5.32 Å². The Bertz CT molecular complexity index is 546. The number of carbonyl (C=O) groups is 2. The standard InChI is InChI=1S/C14H17F3N2O3/c1-9(19(2)13(22)18-7-6-12(20)21)10-4-3-5-11(8-10)14(15,16)17/h3-5,8-9H,6-7H2,1-2H3,(H,18,22)(H,20,21). The zero-order valence-electron chi connectivity index (χ0n) is 12.1. The molecule has 1 aromatic rings. The maximum absolute atomic E-state index is 12.7. The summed E-state index contributed by atoms with van der Waals surface area (Å²) in [4.78, 5) is 23.4. The van der Waals surface area contributed by atoms with E-state index < -0.39 is 29.8 Å². The van der Waals surface area contributed by atoms with Crippen molar-refractivity contribution < 1.29 is 27.9 Å². The monoisotopic (exact) mass is 318 g/mol. The van der Waals surface area contributed by atoms with Gasteiger partial charge in [-0.1, -0.05) is 12.1 Å². The third-order valence-corrected chi connectivity index (χ3v) is 3.21. The minimum Gasteiger partial charge on any atom is -0.481 e. The van der Waals surface area contributed by atoms with Crippen molar-refractivity contribution in [3.05, 3.63) is 35.4 Å². The van der Waals surface area contributed by atoms with Crippen molar-refractivity contribution >= 4 is 12.0 Å². The molecule has 0 saturated carbocycles. The van der Waals surface area contributed by atoms with Crippen molar-refractivity contribution in [2.45, 2.75) is 25.6 Å². The lowest BCUT2D eigenvalue weighted by Crippen LogP contribution is -2.39. The van der Waals surface area contributed by atoms with E-state index in [0.717, 1.165) is 12.1 Å². The molecule has 0 aliphatic carbocycles. The van der Waals surface area contributed by atoms with Crippen molar-refractivity contribution in [3.63, 3.8) is 0 Å². The fourth-order valence-corrected chi connectivity index (χ4v) is 1.78. The third kappa shape index (κ3) is 4.94. The number of hydrogen-bond acceptors (Lipinski definition) is 2. The van der Waals surface area contributed by atoms with Gasteiger partial charge in [0.25, 0.3) is 0 Å². The van der Waals surface area contributed by atoms with Crippen LogP contribution in [0.25, 0.3) is 0 Å². The molecule has 0 bridgehead atoms. The van der Waals surface area contributed by atoms with Gasteiger partial charge in [0, 0.05) is 13.6 Å². The first-order chi connectivity index (χ1) is 10.1. The van der Waals surface area contributed by atoms with E-state index in [-0.39, 0.29) is 13.0 Å². The summed E-state index contributed by atoms with van der Waals surface area (Å²) < 4.78 is 38.1. The molecule has 1 rings (SSSR count). The lowest BCUT2D eigenvalue weighted by Gasteiger charge is -2.26. The molecular formula is C14H17F3N2O3. The lowest BCUT2D eigenvalue weighted by molar-refractivity contribution is -0.138. The number of halogens is 3. The highest BCUT2D eigenvalue weighted by atomic mass is 19.4. The van der Waals surface area contributed by atoms with E-state index in [4.69, 9.17) is 5.11 Å². The molecule has 0 aliphatic heterocycles. The zero-order valence-corrected chi connectivity index (χ0v) is 12.1. The number of rotatable bonds is 5. The molecule has 1 atom stereocenters. The molecule has 122 valence electrons. The van der Waals surface area contributed by atoms with E-state index in [1.165, 1.54) is 24.1 Å². The molecule has 2 amide bonds. The molecular weight excluding hydrogens is 301 g/mol. The van der Waals surface area contributed by atoms with Crippen LogP contribution >= 0.6 is 0 Å². The van der Waals surface area contributed by atoms with Crippen LogP contribution < -0.4 is 5.32 Å². The van der Waals surface area contributed by atoms with Crippen molar-refractivity contribution in [2.24, 2.45) is 0 Å². The molecule has 8 heteroatoms. The third-order valence-electron chi connectivity index (χ3n) is 3.21. The summed E-state index contributed by atoms with van der Waals surface area (Å²) in [6.07, 6.45) is -4.67. The van der Waals surface area contributed by atoms with Crippen LogP contribution in [0.5, 0.6) is 0 Å². The Balaban J connectivity index is 2.76. The molecule has 0 spiro atoms. The van der Waals surface area contributed by atoms with Crippen LogP contribution in [-0.2, 0) is 11.0 Å². The number of carboxylic acid groups (broad SMARTS) is 1. The highest BCUT2D eigenvalue weighted by molar-refractivity contribution is 5.75. The first-order valence-electron chi connectivity index (χ1n) is 6.52. The second-order valence-electron chi connectivity index (χ2n) is 4.79. The van der Waals surface area contributed by atoms with Crippen molar-refractivity contribution in [1.82, 2.24) is 10.2 Å². The summed E-state index contributed by atoms with van der Waals surface area (Å²) in [6, 6.07) is 3.60. The van der Waals surface area contributed by atoms with Crippen LogP contribution in [0.4, 0.5) is 18.0 Å². The maximum Gasteiger partial charge on any atom is 0.416 e. The number of nitrogens with one attached hydrogen (secondary N) is 1. The maximum atomic E-state index is 12.7. The van der Waals surface area contributed by atoms with Gasteiger partial charge in [0.2, 0.25) is 0 Å². The summed E-state index contributed by atoms with van der Waals surface area (Å²) >= 11 is 0. The van der Waals surface area contributed by atoms with Crippen LogP contribution in [0.1, 0.15) is 30.5 Å². The van der Waals surface area contributed by atoms with Gasteiger partial charge in [-0.2, -0.15) is 13.2 Å². The first kappa shape index (κ1) is 17.8. The quantitative estimate of drug-likeness (QED) is 0.877. The molecule has 0 aromatic heterocycles. The second-order valence-corrected chi connectivity index (χ2v) is 4.79. The number of nitrogens with zero attached hydrogens (tertiary/aromatic N) is 1. The Morgan fingerprint density at radius 3 is 2.55 bits per heavy atom. The van der Waals surface area contributed by atoms with Crippen LogP contribution in [0.3, 0.4) is 0 Å². The number of amides is 2. The van der Waals surface area contributed by atoms with Gasteiger partial charge in [0.1, 0.15) is 0 Å². The highest BCUT2D eigenvalue weighted by Gasteiger charge is 2.31. The molecule has 0 saturated heterocycles. The highest BCUT2D eigenvalue weighted by Crippen LogP contribution is 2.31. The molecule has 0 aliphatic rings. The molecule has 0 radical (unpaired) electrons. The molecule has 5 nitrogen and oxygen atoms in total. The number of hydrogen-bond donors (Lipinski definition) is 2. The van der Waals surface area contributed by atoms with Gasteiger partial charge < -0.3 is 15.3 Å². The van der Waals surface area contributed by atoms with Gasteiger partial charge >= 0.3 is 18.2 Å². The number of carboxylic acids is 1. The summed E-state index contributed by atoms with van der Waals surface area (Å²) in [5, 5.41) is 10.9. The van der Waals surface area contributed by atoms with E-state index in [1.807, 2.05) is 0 Å². The molecule has 2 N–H and O–H groups in total. The zero-order chi connectivity index (χ0) is 16.9. The van der Waals surface area contributed by atoms with Gasteiger partial charge in [0.15, 0.2) is 0 Å². The number of benzene rings is 1. The Kier molecular flexibility index (Phi) is 5.78. The Morgan fingerprint density at radius 1 is 1.36 bits per heavy atom. The van der Waals surface area contributed by atoms with Crippen molar-refractivity contribution in [2.75, 3.05) is 13.6 Å². The van der Waals surface area contributed by atoms with Gasteiger partial charge in [0.05, 0.1) is 18.0 Å². The van der Waals surface area contributed by atoms with Crippen LogP contribution in [0.2, 0.25) is 0 Å². The van der Waals surface area contributed by atoms with Gasteiger partial charge in [-0.05, 0) is 24.6 Å². The largest absolute Gasteiger partial charge is 0.481 e. The number of aliphatic carboxylic acids is 1. The molecule has 1 unspecified atom stereocenters. The predicted octanol–water partition coefficient (Wildman–Crippen LogP) is 2.88. The number of urea groups is 1. The molecule has 22 heavy (non-hydrogen) atoms. The first-order valence-corrected chi connectivity index (χ1v) is 6.52. The SMILES string of the molecule is CC(c1cccc(C(F)(F)F)c1)N(C)C(=O)NCCC(=O)O. The Hall–Kier alpha value is -2.25. The second kappa shape index (κ2) is 7.15. The predicted molar refractivity (Wildman–Crippen MR) is 73.3 cm³/mol. The number of carbonyl (C=O) groups excluding carboxylic acids is 1. The Morgan fingerprint density at radius 2 is 2.00 bits per heavy atom. The van der Waals surface area contributed by atoms with Crippen molar-refractivity contribution in [3.8, 4) is 0 Å². The fraction of sp³-hybridized carbons (Fsp3) is 0.429. The van der Waals surface area contributed by atoms with E-state index in [0.29, 0.717) is 5.56 Å². The smallest absolute Gasteiger partial charge is 0.416 e. The van der Waals surface area contributed by atoms with Gasteiger partial charge in [-0.3, -0.25) is 4.79 Å².